The number of rotatable bonds is 8. The number of nitrogens with one attached hydrogen (secondary N) is 1. The zero-order valence-electron chi connectivity index (χ0n) is 18.9. The average Bonchev–Trinajstić information content (AvgIpc) is 3.37. The van der Waals surface area contributed by atoms with E-state index in [4.69, 9.17) is 23.7 Å². The number of hydrogen-bond donors (Lipinski definition) is 1. The molecule has 3 aromatic rings. The van der Waals surface area contributed by atoms with Gasteiger partial charge in [-0.05, 0) is 18.6 Å². The van der Waals surface area contributed by atoms with Gasteiger partial charge < -0.3 is 29.0 Å². The molecule has 1 saturated heterocycles. The topological polar surface area (TPSA) is 111 Å². The minimum atomic E-state index is 0.100. The van der Waals surface area contributed by atoms with Gasteiger partial charge in [-0.1, -0.05) is 0 Å². The van der Waals surface area contributed by atoms with Crippen molar-refractivity contribution in [3.63, 3.8) is 0 Å². The third-order valence-electron chi connectivity index (χ3n) is 5.78. The lowest BCUT2D eigenvalue weighted by molar-refractivity contribution is 0.0357. The third kappa shape index (κ3) is 4.48. The van der Waals surface area contributed by atoms with Gasteiger partial charge in [0.25, 0.3) is 5.88 Å². The normalized spacial score (nSPS) is 15.2. The maximum Gasteiger partial charge on any atom is 0.262 e. The summed E-state index contributed by atoms with van der Waals surface area (Å²) in [6.45, 7) is 5.10. The van der Waals surface area contributed by atoms with E-state index < -0.39 is 0 Å². The molecule has 4 heterocycles. The smallest absolute Gasteiger partial charge is 0.262 e. The monoisotopic (exact) mass is 463 g/mol. The molecule has 0 unspecified atom stereocenters. The molecule has 1 aromatic carbocycles. The quantitative estimate of drug-likeness (QED) is 0.500. The molecule has 0 atom stereocenters. The van der Waals surface area contributed by atoms with E-state index in [1.54, 1.807) is 19.4 Å². The lowest BCUT2D eigenvalue weighted by Gasteiger charge is -2.26. The SMILES string of the molecule is COc1cc2c(Nc3ccnc4c3OCO4)c(C#N)cnc2cc1OCCCN1CCOCC1. The highest BCUT2D eigenvalue weighted by atomic mass is 16.7. The van der Waals surface area contributed by atoms with E-state index in [0.29, 0.717) is 52.2 Å². The second-order valence-corrected chi connectivity index (χ2v) is 7.86. The summed E-state index contributed by atoms with van der Waals surface area (Å²) in [5, 5.41) is 13.7. The van der Waals surface area contributed by atoms with Crippen LogP contribution in [-0.4, -0.2) is 68.2 Å². The van der Waals surface area contributed by atoms with Crippen molar-refractivity contribution in [3.05, 3.63) is 36.2 Å². The lowest BCUT2D eigenvalue weighted by Crippen LogP contribution is -2.37. The molecule has 0 radical (unpaired) electrons. The molecule has 34 heavy (non-hydrogen) atoms. The van der Waals surface area contributed by atoms with Crippen molar-refractivity contribution in [1.29, 1.82) is 5.26 Å². The van der Waals surface area contributed by atoms with Gasteiger partial charge in [-0.25, -0.2) is 4.98 Å². The molecule has 0 spiro atoms. The second kappa shape index (κ2) is 9.99. The maximum absolute atomic E-state index is 9.72. The minimum Gasteiger partial charge on any atom is -0.493 e. The fraction of sp³-hybridized carbons (Fsp3) is 0.375. The predicted octanol–water partition coefficient (Wildman–Crippen LogP) is 3.08. The Kier molecular flexibility index (Phi) is 6.46. The molecular formula is C24H25N5O5. The number of methoxy groups -OCH3 is 1. The zero-order valence-corrected chi connectivity index (χ0v) is 18.9. The Morgan fingerprint density at radius 3 is 2.88 bits per heavy atom. The summed E-state index contributed by atoms with van der Waals surface area (Å²) >= 11 is 0. The number of aromatic nitrogens is 2. The zero-order chi connectivity index (χ0) is 23.3. The summed E-state index contributed by atoms with van der Waals surface area (Å²) in [6, 6.07) is 7.64. The summed E-state index contributed by atoms with van der Waals surface area (Å²) < 4.78 is 28.0. The van der Waals surface area contributed by atoms with Crippen LogP contribution in [0.3, 0.4) is 0 Å². The van der Waals surface area contributed by atoms with Crippen molar-refractivity contribution < 1.29 is 23.7 Å². The van der Waals surface area contributed by atoms with Crippen LogP contribution < -0.4 is 24.3 Å². The van der Waals surface area contributed by atoms with Crippen LogP contribution in [0.5, 0.6) is 23.1 Å². The van der Waals surface area contributed by atoms with Crippen LogP contribution in [0.15, 0.2) is 30.6 Å². The number of pyridine rings is 2. The first-order valence-electron chi connectivity index (χ1n) is 11.1. The van der Waals surface area contributed by atoms with Gasteiger partial charge in [0.2, 0.25) is 12.5 Å². The van der Waals surface area contributed by atoms with Crippen LogP contribution in [0.4, 0.5) is 11.4 Å². The fourth-order valence-electron chi connectivity index (χ4n) is 4.04. The van der Waals surface area contributed by atoms with Crippen molar-refractivity contribution in [3.8, 4) is 29.2 Å². The van der Waals surface area contributed by atoms with Gasteiger partial charge in [-0.2, -0.15) is 5.26 Å². The second-order valence-electron chi connectivity index (χ2n) is 7.86. The summed E-state index contributed by atoms with van der Waals surface area (Å²) in [5.74, 6) is 2.09. The highest BCUT2D eigenvalue weighted by molar-refractivity contribution is 5.98. The Bertz CT molecular complexity index is 1220. The Balaban J connectivity index is 1.40. The molecule has 2 aromatic heterocycles. The Labute approximate surface area is 197 Å². The highest BCUT2D eigenvalue weighted by Crippen LogP contribution is 2.41. The standard InChI is InChI=1S/C24H25N5O5/c1-30-20-11-17-19(12-21(20)32-8-2-5-29-6-9-31-10-7-29)27-14-16(13-25)22(17)28-18-3-4-26-24-23(18)33-15-34-24/h3-4,11-12,14H,2,5-10,15H2,1H3,(H,26,27,28). The van der Waals surface area contributed by atoms with E-state index in [1.165, 1.54) is 6.20 Å². The van der Waals surface area contributed by atoms with Crippen molar-refractivity contribution in [2.24, 2.45) is 0 Å². The van der Waals surface area contributed by atoms with Crippen LogP contribution in [-0.2, 0) is 4.74 Å². The van der Waals surface area contributed by atoms with Crippen LogP contribution >= 0.6 is 0 Å². The van der Waals surface area contributed by atoms with Crippen LogP contribution in [0.25, 0.3) is 10.9 Å². The molecule has 2 aliphatic heterocycles. The van der Waals surface area contributed by atoms with E-state index in [1.807, 2.05) is 12.1 Å². The number of hydrogen-bond acceptors (Lipinski definition) is 10. The molecular weight excluding hydrogens is 438 g/mol. The molecule has 1 fully saturated rings. The number of nitrogens with zero attached hydrogens (tertiary/aromatic N) is 4. The molecule has 176 valence electrons. The largest absolute Gasteiger partial charge is 0.493 e. The molecule has 5 rings (SSSR count). The van der Waals surface area contributed by atoms with Gasteiger partial charge in [0.05, 0.1) is 49.4 Å². The molecule has 0 amide bonds. The Hall–Kier alpha value is -3.81. The van der Waals surface area contributed by atoms with Gasteiger partial charge in [0.1, 0.15) is 6.07 Å². The van der Waals surface area contributed by atoms with E-state index in [2.05, 4.69) is 26.3 Å². The summed E-state index contributed by atoms with van der Waals surface area (Å²) in [5.41, 5.74) is 2.30. The summed E-state index contributed by atoms with van der Waals surface area (Å²) in [7, 11) is 1.59. The first kappa shape index (κ1) is 22.0. The maximum atomic E-state index is 9.72. The third-order valence-corrected chi connectivity index (χ3v) is 5.78. The van der Waals surface area contributed by atoms with Gasteiger partial charge >= 0.3 is 0 Å². The number of nitriles is 1. The van der Waals surface area contributed by atoms with Gasteiger partial charge in [-0.3, -0.25) is 9.88 Å². The van der Waals surface area contributed by atoms with Gasteiger partial charge in [0.15, 0.2) is 11.5 Å². The molecule has 0 saturated carbocycles. The fourth-order valence-corrected chi connectivity index (χ4v) is 4.04. The van der Waals surface area contributed by atoms with E-state index in [0.717, 1.165) is 44.7 Å². The van der Waals surface area contributed by atoms with Gasteiger partial charge in [0, 0.05) is 43.5 Å². The molecule has 10 nitrogen and oxygen atoms in total. The number of benzene rings is 1. The Morgan fingerprint density at radius 1 is 1.18 bits per heavy atom. The number of morpholine rings is 1. The molecule has 2 aliphatic rings. The number of ether oxygens (including phenoxy) is 5. The summed E-state index contributed by atoms with van der Waals surface area (Å²) in [6.07, 6.45) is 4.05. The summed E-state index contributed by atoms with van der Waals surface area (Å²) in [4.78, 5) is 11.0. The van der Waals surface area contributed by atoms with Gasteiger partial charge in [-0.15, -0.1) is 0 Å². The van der Waals surface area contributed by atoms with E-state index >= 15 is 0 Å². The first-order valence-corrected chi connectivity index (χ1v) is 11.1. The molecule has 1 N–H and O–H groups in total. The van der Waals surface area contributed by atoms with Crippen LogP contribution in [0, 0.1) is 11.3 Å². The molecule has 0 bridgehead atoms. The number of anilines is 2. The molecule has 10 heteroatoms. The molecule has 0 aliphatic carbocycles. The lowest BCUT2D eigenvalue weighted by atomic mass is 10.1. The van der Waals surface area contributed by atoms with Crippen molar-refractivity contribution >= 4 is 22.3 Å². The first-order chi connectivity index (χ1) is 16.8. The van der Waals surface area contributed by atoms with Crippen molar-refractivity contribution in [1.82, 2.24) is 14.9 Å². The average molecular weight is 463 g/mol. The van der Waals surface area contributed by atoms with Crippen molar-refractivity contribution in [2.45, 2.75) is 6.42 Å². The highest BCUT2D eigenvalue weighted by Gasteiger charge is 2.21. The van der Waals surface area contributed by atoms with Crippen molar-refractivity contribution in [2.75, 3.05) is 58.7 Å². The van der Waals surface area contributed by atoms with Crippen LogP contribution in [0.2, 0.25) is 0 Å². The predicted molar refractivity (Wildman–Crippen MR) is 124 cm³/mol. The van der Waals surface area contributed by atoms with E-state index in [9.17, 15) is 5.26 Å². The van der Waals surface area contributed by atoms with E-state index in [-0.39, 0.29) is 6.79 Å². The number of fused-ring (bicyclic) bond motifs is 2. The van der Waals surface area contributed by atoms with Crippen LogP contribution in [0.1, 0.15) is 12.0 Å². The minimum absolute atomic E-state index is 0.100. The Morgan fingerprint density at radius 2 is 2.06 bits per heavy atom.